The Morgan fingerprint density at radius 1 is 1.00 bits per heavy atom. The SMILES string of the molecule is CC(C)N1CCC2(CCN(C(C)SS)CC2)C1. The predicted octanol–water partition coefficient (Wildman–Crippen LogP) is 3.11. The second-order valence-corrected chi connectivity index (χ2v) is 7.58. The van der Waals surface area contributed by atoms with Crippen molar-refractivity contribution in [2.45, 2.75) is 51.4 Å². The predicted molar refractivity (Wildman–Crippen MR) is 80.6 cm³/mol. The zero-order valence-corrected chi connectivity index (χ0v) is 13.1. The van der Waals surface area contributed by atoms with E-state index in [-0.39, 0.29) is 0 Å². The highest BCUT2D eigenvalue weighted by Gasteiger charge is 2.41. The molecule has 0 aliphatic carbocycles. The highest BCUT2D eigenvalue weighted by atomic mass is 33.1. The van der Waals surface area contributed by atoms with Gasteiger partial charge in [-0.1, -0.05) is 10.8 Å². The van der Waals surface area contributed by atoms with E-state index >= 15 is 0 Å². The molecule has 2 aliphatic heterocycles. The van der Waals surface area contributed by atoms with Gasteiger partial charge in [0.1, 0.15) is 0 Å². The molecule has 0 aromatic carbocycles. The lowest BCUT2D eigenvalue weighted by atomic mass is 9.78. The van der Waals surface area contributed by atoms with Gasteiger partial charge in [-0.3, -0.25) is 4.90 Å². The molecular weight excluding hydrogens is 248 g/mol. The van der Waals surface area contributed by atoms with Crippen LogP contribution >= 0.6 is 22.5 Å². The molecule has 0 amide bonds. The zero-order chi connectivity index (χ0) is 12.5. The van der Waals surface area contributed by atoms with E-state index in [4.69, 9.17) is 0 Å². The Hall–Kier alpha value is 0.620. The van der Waals surface area contributed by atoms with E-state index in [0.29, 0.717) is 10.8 Å². The molecule has 0 radical (unpaired) electrons. The summed E-state index contributed by atoms with van der Waals surface area (Å²) in [6.45, 7) is 12.1. The first-order chi connectivity index (χ1) is 8.06. The fraction of sp³-hybridized carbons (Fsp3) is 1.00. The summed E-state index contributed by atoms with van der Waals surface area (Å²) in [6, 6.07) is 0.722. The lowest BCUT2D eigenvalue weighted by Gasteiger charge is -2.41. The molecule has 0 saturated carbocycles. The number of nitrogens with zero attached hydrogens (tertiary/aromatic N) is 2. The van der Waals surface area contributed by atoms with Crippen molar-refractivity contribution in [3.05, 3.63) is 0 Å². The number of rotatable bonds is 3. The maximum absolute atomic E-state index is 4.34. The lowest BCUT2D eigenvalue weighted by molar-refractivity contribution is 0.1000. The van der Waals surface area contributed by atoms with Crippen molar-refractivity contribution in [2.75, 3.05) is 26.2 Å². The van der Waals surface area contributed by atoms with Gasteiger partial charge in [0.05, 0.1) is 5.37 Å². The van der Waals surface area contributed by atoms with Crippen LogP contribution < -0.4 is 0 Å². The Morgan fingerprint density at radius 2 is 1.53 bits per heavy atom. The van der Waals surface area contributed by atoms with Crippen LogP contribution in [-0.2, 0) is 0 Å². The van der Waals surface area contributed by atoms with Crippen molar-refractivity contribution in [2.24, 2.45) is 5.41 Å². The van der Waals surface area contributed by atoms with Crippen LogP contribution in [0.5, 0.6) is 0 Å². The van der Waals surface area contributed by atoms with Gasteiger partial charge in [-0.25, -0.2) is 0 Å². The van der Waals surface area contributed by atoms with Crippen LogP contribution in [-0.4, -0.2) is 47.4 Å². The maximum Gasteiger partial charge on any atom is 0.0630 e. The first-order valence-corrected chi connectivity index (χ1v) is 8.78. The molecule has 100 valence electrons. The first-order valence-electron chi connectivity index (χ1n) is 6.85. The number of piperidine rings is 1. The minimum atomic E-state index is 0.568. The third kappa shape index (κ3) is 3.14. The van der Waals surface area contributed by atoms with E-state index in [2.05, 4.69) is 42.2 Å². The van der Waals surface area contributed by atoms with Crippen LogP contribution in [0.3, 0.4) is 0 Å². The van der Waals surface area contributed by atoms with Crippen LogP contribution in [0.15, 0.2) is 0 Å². The van der Waals surface area contributed by atoms with Crippen molar-refractivity contribution in [3.8, 4) is 0 Å². The molecule has 1 atom stereocenters. The van der Waals surface area contributed by atoms with Crippen LogP contribution in [0, 0.1) is 5.41 Å². The summed E-state index contributed by atoms with van der Waals surface area (Å²) < 4.78 is 0. The maximum atomic E-state index is 4.34. The zero-order valence-electron chi connectivity index (χ0n) is 11.4. The fourth-order valence-corrected chi connectivity index (χ4v) is 3.99. The summed E-state index contributed by atoms with van der Waals surface area (Å²) in [6.07, 6.45) is 4.19. The van der Waals surface area contributed by atoms with Gasteiger partial charge in [0.2, 0.25) is 0 Å². The largest absolute Gasteiger partial charge is 0.300 e. The van der Waals surface area contributed by atoms with Crippen LogP contribution in [0.25, 0.3) is 0 Å². The van der Waals surface area contributed by atoms with Crippen LogP contribution in [0.4, 0.5) is 0 Å². The van der Waals surface area contributed by atoms with Crippen LogP contribution in [0.2, 0.25) is 0 Å². The molecule has 17 heavy (non-hydrogen) atoms. The van der Waals surface area contributed by atoms with Gasteiger partial charge in [0.25, 0.3) is 0 Å². The molecule has 2 rings (SSSR count). The smallest absolute Gasteiger partial charge is 0.0630 e. The molecule has 4 heteroatoms. The topological polar surface area (TPSA) is 6.48 Å². The van der Waals surface area contributed by atoms with Gasteiger partial charge in [-0.05, 0) is 65.1 Å². The highest BCUT2D eigenvalue weighted by Crippen LogP contribution is 2.41. The minimum absolute atomic E-state index is 0.568. The minimum Gasteiger partial charge on any atom is -0.300 e. The van der Waals surface area contributed by atoms with Crippen molar-refractivity contribution < 1.29 is 0 Å². The fourth-order valence-electron chi connectivity index (χ4n) is 3.25. The van der Waals surface area contributed by atoms with Crippen molar-refractivity contribution in [3.63, 3.8) is 0 Å². The molecule has 0 aromatic rings. The molecule has 1 spiro atoms. The van der Waals surface area contributed by atoms with Gasteiger partial charge in [-0.15, -0.1) is 11.7 Å². The van der Waals surface area contributed by atoms with Crippen molar-refractivity contribution >= 4 is 22.5 Å². The molecule has 2 aliphatic rings. The molecule has 2 saturated heterocycles. The van der Waals surface area contributed by atoms with Crippen LogP contribution in [0.1, 0.15) is 40.0 Å². The quantitative estimate of drug-likeness (QED) is 0.624. The standard InChI is InChI=1S/C13H26N2S2/c1-11(2)15-9-6-13(10-15)4-7-14(8-5-13)12(3)17-16/h11-12,16H,4-10H2,1-3H3. The molecule has 2 heterocycles. The van der Waals surface area contributed by atoms with E-state index in [1.807, 2.05) is 0 Å². The molecule has 0 aromatic heterocycles. The van der Waals surface area contributed by atoms with Gasteiger partial charge >= 0.3 is 0 Å². The average molecular weight is 274 g/mol. The molecular formula is C13H26N2S2. The Bertz CT molecular complexity index is 250. The molecule has 1 unspecified atom stereocenters. The summed E-state index contributed by atoms with van der Waals surface area (Å²) in [5.41, 5.74) is 0.641. The third-order valence-electron chi connectivity index (χ3n) is 4.72. The Morgan fingerprint density at radius 3 is 1.94 bits per heavy atom. The molecule has 0 bridgehead atoms. The normalized spacial score (nSPS) is 28.1. The van der Waals surface area contributed by atoms with E-state index in [0.717, 1.165) is 6.04 Å². The number of hydrogen-bond donors (Lipinski definition) is 1. The summed E-state index contributed by atoms with van der Waals surface area (Å²) in [5.74, 6) is 0. The Balaban J connectivity index is 1.87. The van der Waals surface area contributed by atoms with Crippen molar-refractivity contribution in [1.82, 2.24) is 9.80 Å². The van der Waals surface area contributed by atoms with Gasteiger partial charge in [0.15, 0.2) is 0 Å². The summed E-state index contributed by atoms with van der Waals surface area (Å²) in [4.78, 5) is 5.24. The second kappa shape index (κ2) is 5.72. The summed E-state index contributed by atoms with van der Waals surface area (Å²) in [7, 11) is 1.68. The molecule has 2 nitrogen and oxygen atoms in total. The Labute approximate surface area is 115 Å². The number of hydrogen-bond acceptors (Lipinski definition) is 4. The monoisotopic (exact) mass is 274 g/mol. The first kappa shape index (κ1) is 14.0. The third-order valence-corrected chi connectivity index (χ3v) is 6.24. The number of thiol groups is 1. The van der Waals surface area contributed by atoms with Gasteiger partial charge in [-0.2, -0.15) is 0 Å². The average Bonchev–Trinajstić information content (AvgIpc) is 2.74. The van der Waals surface area contributed by atoms with E-state index < -0.39 is 0 Å². The van der Waals surface area contributed by atoms with E-state index in [1.165, 1.54) is 45.4 Å². The highest BCUT2D eigenvalue weighted by molar-refractivity contribution is 8.68. The molecule has 0 N–H and O–H groups in total. The van der Waals surface area contributed by atoms with Gasteiger partial charge < -0.3 is 4.90 Å². The van der Waals surface area contributed by atoms with Crippen molar-refractivity contribution in [1.29, 1.82) is 0 Å². The van der Waals surface area contributed by atoms with E-state index in [9.17, 15) is 0 Å². The molecule has 2 fully saturated rings. The summed E-state index contributed by atoms with van der Waals surface area (Å²) in [5, 5.41) is 0.568. The summed E-state index contributed by atoms with van der Waals surface area (Å²) >= 11 is 4.34. The Kier molecular flexibility index (Phi) is 4.73. The number of likely N-dealkylation sites (tertiary alicyclic amines) is 2. The second-order valence-electron chi connectivity index (χ2n) is 6.05. The lowest BCUT2D eigenvalue weighted by Crippen LogP contribution is -2.44. The van der Waals surface area contributed by atoms with E-state index in [1.54, 1.807) is 10.8 Å². The van der Waals surface area contributed by atoms with Gasteiger partial charge in [0, 0.05) is 12.6 Å².